The highest BCUT2D eigenvalue weighted by molar-refractivity contribution is 7.13. The van der Waals surface area contributed by atoms with Crippen molar-refractivity contribution in [2.45, 2.75) is 26.1 Å². The van der Waals surface area contributed by atoms with E-state index in [1.807, 2.05) is 46.6 Å². The van der Waals surface area contributed by atoms with Crippen LogP contribution in [0.15, 0.2) is 54.3 Å². The fraction of sp³-hybridized carbons (Fsp3) is 0.304. The number of anilines is 1. The Bertz CT molecular complexity index is 1220. The van der Waals surface area contributed by atoms with Gasteiger partial charge in [-0.05, 0) is 19.1 Å². The van der Waals surface area contributed by atoms with Gasteiger partial charge in [0.25, 0.3) is 5.91 Å². The number of amides is 1. The van der Waals surface area contributed by atoms with Crippen LogP contribution < -0.4 is 5.32 Å². The molecule has 164 valence electrons. The number of aromatic nitrogens is 4. The van der Waals surface area contributed by atoms with Crippen molar-refractivity contribution in [2.75, 3.05) is 25.0 Å². The van der Waals surface area contributed by atoms with Crippen LogP contribution in [0.5, 0.6) is 0 Å². The first-order chi connectivity index (χ1) is 15.7. The highest BCUT2D eigenvalue weighted by Gasteiger charge is 2.25. The number of nitrogens with zero attached hydrogens (tertiary/aromatic N) is 5. The number of fused-ring (bicyclic) bond motifs is 1. The van der Waals surface area contributed by atoms with Gasteiger partial charge in [-0.2, -0.15) is 5.10 Å². The Balaban J connectivity index is 1.41. The molecule has 1 aliphatic heterocycles. The first-order valence-corrected chi connectivity index (χ1v) is 11.5. The first kappa shape index (κ1) is 20.7. The summed E-state index contributed by atoms with van der Waals surface area (Å²) in [7, 11) is 0. The molecule has 1 aliphatic rings. The largest absolute Gasteiger partial charge is 0.369 e. The lowest BCUT2D eigenvalue weighted by atomic mass is 10.0. The van der Waals surface area contributed by atoms with E-state index in [-0.39, 0.29) is 12.0 Å². The van der Waals surface area contributed by atoms with E-state index < -0.39 is 0 Å². The van der Waals surface area contributed by atoms with E-state index >= 15 is 0 Å². The molecule has 3 aromatic heterocycles. The number of carbonyl (C=O) groups excluding carboxylic acids is 1. The molecular weight excluding hydrogens is 424 g/mol. The van der Waals surface area contributed by atoms with Crippen molar-refractivity contribution < 1.29 is 9.53 Å². The van der Waals surface area contributed by atoms with E-state index in [1.54, 1.807) is 6.20 Å². The Hall–Kier alpha value is -3.14. The van der Waals surface area contributed by atoms with Gasteiger partial charge in [-0.15, -0.1) is 11.3 Å². The van der Waals surface area contributed by atoms with Gasteiger partial charge in [0.05, 0.1) is 29.6 Å². The zero-order valence-corrected chi connectivity index (χ0v) is 18.6. The molecule has 1 N–H and O–H groups in total. The smallest absolute Gasteiger partial charge is 0.258 e. The molecule has 32 heavy (non-hydrogen) atoms. The standard InChI is InChI=1S/C23H24N6O2S/c1-2-29-14-16(12-25-29)13-28-8-9-31-21(15-28)20-11-18(17-5-3-4-6-19(17)26-20)22(30)27-23-24-7-10-32-23/h3-7,10-12,14,21H,2,8-9,13,15H2,1H3,(H,24,27,30). The summed E-state index contributed by atoms with van der Waals surface area (Å²) in [6.45, 7) is 5.91. The number of hydrogen-bond donors (Lipinski definition) is 1. The lowest BCUT2D eigenvalue weighted by Crippen LogP contribution is -2.38. The lowest BCUT2D eigenvalue weighted by molar-refractivity contribution is -0.0348. The van der Waals surface area contributed by atoms with E-state index in [1.165, 1.54) is 16.9 Å². The average molecular weight is 449 g/mol. The third kappa shape index (κ3) is 4.40. The molecule has 0 aliphatic carbocycles. The predicted octanol–water partition coefficient (Wildman–Crippen LogP) is 3.73. The van der Waals surface area contributed by atoms with Gasteiger partial charge < -0.3 is 4.74 Å². The fourth-order valence-corrected chi connectivity index (χ4v) is 4.47. The second-order valence-electron chi connectivity index (χ2n) is 7.70. The van der Waals surface area contributed by atoms with Crippen LogP contribution in [-0.2, 0) is 17.8 Å². The van der Waals surface area contributed by atoms with Gasteiger partial charge in [0.2, 0.25) is 0 Å². The molecule has 0 bridgehead atoms. The van der Waals surface area contributed by atoms with Gasteiger partial charge >= 0.3 is 0 Å². The van der Waals surface area contributed by atoms with Crippen LogP contribution in [0, 0.1) is 0 Å². The Morgan fingerprint density at radius 2 is 2.25 bits per heavy atom. The minimum atomic E-state index is -0.207. The van der Waals surface area contributed by atoms with Gasteiger partial charge in [0, 0.05) is 54.9 Å². The number of ether oxygens (including phenoxy) is 1. The number of aryl methyl sites for hydroxylation is 1. The number of thiazole rings is 1. The van der Waals surface area contributed by atoms with E-state index in [2.05, 4.69) is 33.4 Å². The highest BCUT2D eigenvalue weighted by atomic mass is 32.1. The molecule has 1 saturated heterocycles. The molecule has 9 heteroatoms. The number of morpholine rings is 1. The van der Waals surface area contributed by atoms with Crippen molar-refractivity contribution in [1.82, 2.24) is 24.6 Å². The van der Waals surface area contributed by atoms with E-state index in [9.17, 15) is 4.79 Å². The Morgan fingerprint density at radius 3 is 3.06 bits per heavy atom. The van der Waals surface area contributed by atoms with Crippen LogP contribution >= 0.6 is 11.3 Å². The van der Waals surface area contributed by atoms with E-state index in [0.29, 0.717) is 23.8 Å². The molecule has 1 atom stereocenters. The number of hydrogen-bond acceptors (Lipinski definition) is 7. The van der Waals surface area contributed by atoms with Crippen LogP contribution in [0.4, 0.5) is 5.13 Å². The summed E-state index contributed by atoms with van der Waals surface area (Å²) in [4.78, 5) is 24.4. The summed E-state index contributed by atoms with van der Waals surface area (Å²) in [6.07, 6.45) is 5.47. The zero-order valence-electron chi connectivity index (χ0n) is 17.8. The van der Waals surface area contributed by atoms with Crippen molar-refractivity contribution in [2.24, 2.45) is 0 Å². The Kier molecular flexibility index (Phi) is 5.93. The molecule has 1 aromatic carbocycles. The summed E-state index contributed by atoms with van der Waals surface area (Å²) in [5, 5.41) is 10.5. The van der Waals surface area contributed by atoms with Crippen molar-refractivity contribution in [3.8, 4) is 0 Å². The van der Waals surface area contributed by atoms with Gasteiger partial charge in [-0.25, -0.2) is 9.97 Å². The van der Waals surface area contributed by atoms with Gasteiger partial charge in [0.15, 0.2) is 5.13 Å². The van der Waals surface area contributed by atoms with Crippen LogP contribution in [-0.4, -0.2) is 50.3 Å². The topological polar surface area (TPSA) is 85.2 Å². The minimum absolute atomic E-state index is 0.195. The number of para-hydroxylation sites is 1. The van der Waals surface area contributed by atoms with Gasteiger partial charge in [-0.1, -0.05) is 18.2 Å². The zero-order chi connectivity index (χ0) is 21.9. The Labute approximate surface area is 189 Å². The second kappa shape index (κ2) is 9.15. The number of pyridine rings is 1. The summed E-state index contributed by atoms with van der Waals surface area (Å²) in [5.41, 5.74) is 3.30. The van der Waals surface area contributed by atoms with Crippen molar-refractivity contribution in [3.05, 3.63) is 71.1 Å². The molecule has 0 radical (unpaired) electrons. The molecule has 1 amide bonds. The molecule has 0 spiro atoms. The molecule has 8 nitrogen and oxygen atoms in total. The maximum Gasteiger partial charge on any atom is 0.258 e. The van der Waals surface area contributed by atoms with Crippen LogP contribution in [0.25, 0.3) is 10.9 Å². The van der Waals surface area contributed by atoms with Crippen molar-refractivity contribution >= 4 is 33.3 Å². The predicted molar refractivity (Wildman–Crippen MR) is 124 cm³/mol. The minimum Gasteiger partial charge on any atom is -0.369 e. The summed E-state index contributed by atoms with van der Waals surface area (Å²) in [6, 6.07) is 9.55. The van der Waals surface area contributed by atoms with Crippen LogP contribution in [0.1, 0.15) is 34.6 Å². The number of rotatable bonds is 6. The summed E-state index contributed by atoms with van der Waals surface area (Å²) in [5.74, 6) is -0.195. The molecule has 0 saturated carbocycles. The highest BCUT2D eigenvalue weighted by Crippen LogP contribution is 2.27. The third-order valence-electron chi connectivity index (χ3n) is 5.53. The summed E-state index contributed by atoms with van der Waals surface area (Å²) >= 11 is 1.39. The maximum absolute atomic E-state index is 13.1. The van der Waals surface area contributed by atoms with E-state index in [4.69, 9.17) is 9.72 Å². The van der Waals surface area contributed by atoms with Gasteiger partial charge in [-0.3, -0.25) is 19.7 Å². The van der Waals surface area contributed by atoms with Crippen molar-refractivity contribution in [1.29, 1.82) is 0 Å². The third-order valence-corrected chi connectivity index (χ3v) is 6.22. The molecule has 1 unspecified atom stereocenters. The SMILES string of the molecule is CCn1cc(CN2CCOC(c3cc(C(=O)Nc4nccs4)c4ccccc4n3)C2)cn1. The van der Waals surface area contributed by atoms with Gasteiger partial charge in [0.1, 0.15) is 6.10 Å². The molecule has 4 heterocycles. The van der Waals surface area contributed by atoms with Crippen LogP contribution in [0.3, 0.4) is 0 Å². The lowest BCUT2D eigenvalue weighted by Gasteiger charge is -2.32. The molecular formula is C23H24N6O2S. The maximum atomic E-state index is 13.1. The Morgan fingerprint density at radius 1 is 1.34 bits per heavy atom. The second-order valence-corrected chi connectivity index (χ2v) is 8.60. The quantitative estimate of drug-likeness (QED) is 0.484. The fourth-order valence-electron chi connectivity index (χ4n) is 3.94. The van der Waals surface area contributed by atoms with Crippen molar-refractivity contribution in [3.63, 3.8) is 0 Å². The molecule has 1 fully saturated rings. The van der Waals surface area contributed by atoms with Crippen LogP contribution in [0.2, 0.25) is 0 Å². The monoisotopic (exact) mass is 448 g/mol. The number of carbonyl (C=O) groups is 1. The van der Waals surface area contributed by atoms with E-state index in [0.717, 1.165) is 36.2 Å². The normalized spacial score (nSPS) is 17.0. The average Bonchev–Trinajstić information content (AvgIpc) is 3.50. The first-order valence-electron chi connectivity index (χ1n) is 10.7. The number of benzene rings is 1. The summed E-state index contributed by atoms with van der Waals surface area (Å²) < 4.78 is 8.02. The molecule has 4 aromatic rings. The molecule has 5 rings (SSSR count). The number of nitrogens with one attached hydrogen (secondary N) is 1.